The molecule has 2 heteroatoms. The van der Waals surface area contributed by atoms with Gasteiger partial charge in [-0.25, -0.2) is 0 Å². The van der Waals surface area contributed by atoms with E-state index in [1.54, 1.807) is 0 Å². The van der Waals surface area contributed by atoms with Gasteiger partial charge in [0.15, 0.2) is 0 Å². The SMILES string of the molecule is CC1(C)CCC[C@]2(C)C3C(=O)OCC3=CCC12. The Morgan fingerprint density at radius 3 is 2.82 bits per heavy atom. The topological polar surface area (TPSA) is 26.3 Å². The fourth-order valence-corrected chi connectivity index (χ4v) is 4.71. The number of hydrogen-bond donors (Lipinski definition) is 0. The molecule has 2 nitrogen and oxygen atoms in total. The minimum atomic E-state index is 0.0288. The van der Waals surface area contributed by atoms with Crippen molar-refractivity contribution in [3.8, 4) is 0 Å². The Kier molecular flexibility index (Phi) is 2.24. The Bertz CT molecular complexity index is 394. The molecule has 0 bridgehead atoms. The molecule has 0 aromatic heterocycles. The second-order valence-corrected chi connectivity index (χ2v) is 6.96. The molecule has 1 aliphatic heterocycles. The third kappa shape index (κ3) is 1.42. The van der Waals surface area contributed by atoms with Crippen LogP contribution in [-0.4, -0.2) is 12.6 Å². The zero-order chi connectivity index (χ0) is 12.3. The molecule has 3 rings (SSSR count). The first-order valence-electron chi connectivity index (χ1n) is 6.81. The second-order valence-electron chi connectivity index (χ2n) is 6.96. The van der Waals surface area contributed by atoms with Gasteiger partial charge >= 0.3 is 5.97 Å². The van der Waals surface area contributed by atoms with Gasteiger partial charge in [0, 0.05) is 0 Å². The first-order chi connectivity index (χ1) is 7.95. The van der Waals surface area contributed by atoms with Gasteiger partial charge in [-0.3, -0.25) is 4.79 Å². The average molecular weight is 234 g/mol. The van der Waals surface area contributed by atoms with Crippen molar-refractivity contribution in [2.75, 3.05) is 6.61 Å². The average Bonchev–Trinajstić information content (AvgIpc) is 2.60. The summed E-state index contributed by atoms with van der Waals surface area (Å²) in [5, 5.41) is 0. The van der Waals surface area contributed by atoms with Crippen LogP contribution in [0.1, 0.15) is 46.5 Å². The number of rotatable bonds is 0. The van der Waals surface area contributed by atoms with Crippen molar-refractivity contribution in [3.05, 3.63) is 11.6 Å². The van der Waals surface area contributed by atoms with Crippen LogP contribution in [0.4, 0.5) is 0 Å². The van der Waals surface area contributed by atoms with Gasteiger partial charge in [-0.05, 0) is 41.6 Å². The summed E-state index contributed by atoms with van der Waals surface area (Å²) in [6.07, 6.45) is 7.13. The van der Waals surface area contributed by atoms with E-state index >= 15 is 0 Å². The van der Waals surface area contributed by atoms with Crippen LogP contribution in [0, 0.1) is 22.7 Å². The molecule has 0 aromatic rings. The molecule has 0 radical (unpaired) electrons. The molecular formula is C15H22O2. The summed E-state index contributed by atoms with van der Waals surface area (Å²) in [7, 11) is 0. The standard InChI is InChI=1S/C15H22O2/c1-14(2)7-4-8-15(3)11(14)6-5-10-9-17-13(16)12(10)15/h5,11-12H,4,6-9H2,1-3H3/t11?,12?,15-/m0/s1. The van der Waals surface area contributed by atoms with Crippen molar-refractivity contribution in [1.29, 1.82) is 0 Å². The van der Waals surface area contributed by atoms with E-state index in [9.17, 15) is 4.79 Å². The van der Waals surface area contributed by atoms with Gasteiger partial charge in [-0.1, -0.05) is 33.3 Å². The fourth-order valence-electron chi connectivity index (χ4n) is 4.71. The van der Waals surface area contributed by atoms with E-state index in [1.807, 2.05) is 0 Å². The highest BCUT2D eigenvalue weighted by molar-refractivity contribution is 5.80. The third-order valence-electron chi connectivity index (χ3n) is 5.54. The van der Waals surface area contributed by atoms with Crippen molar-refractivity contribution >= 4 is 5.97 Å². The van der Waals surface area contributed by atoms with E-state index in [0.29, 0.717) is 17.9 Å². The third-order valence-corrected chi connectivity index (χ3v) is 5.54. The van der Waals surface area contributed by atoms with Crippen molar-refractivity contribution < 1.29 is 9.53 Å². The lowest BCUT2D eigenvalue weighted by atomic mass is 9.49. The molecule has 3 aliphatic rings. The van der Waals surface area contributed by atoms with Crippen LogP contribution in [0.15, 0.2) is 11.6 Å². The summed E-state index contributed by atoms with van der Waals surface area (Å²) in [6, 6.07) is 0. The lowest BCUT2D eigenvalue weighted by Crippen LogP contribution is -2.49. The van der Waals surface area contributed by atoms with Gasteiger partial charge in [0.05, 0.1) is 5.92 Å². The molecule has 2 fully saturated rings. The molecule has 3 atom stereocenters. The van der Waals surface area contributed by atoms with E-state index in [-0.39, 0.29) is 17.3 Å². The lowest BCUT2D eigenvalue weighted by molar-refractivity contribution is -0.148. The second kappa shape index (κ2) is 3.37. The number of cyclic esters (lactones) is 1. The molecule has 1 heterocycles. The highest BCUT2D eigenvalue weighted by Gasteiger charge is 2.57. The molecule has 1 saturated heterocycles. The Labute approximate surface area is 103 Å². The largest absolute Gasteiger partial charge is 0.461 e. The summed E-state index contributed by atoms with van der Waals surface area (Å²) in [6.45, 7) is 7.61. The maximum Gasteiger partial charge on any atom is 0.314 e. The number of hydrogen-bond acceptors (Lipinski definition) is 2. The van der Waals surface area contributed by atoms with E-state index < -0.39 is 0 Å². The minimum Gasteiger partial charge on any atom is -0.461 e. The Hall–Kier alpha value is -0.790. The molecule has 94 valence electrons. The fraction of sp³-hybridized carbons (Fsp3) is 0.800. The number of ether oxygens (including phenoxy) is 1. The molecule has 0 amide bonds. The van der Waals surface area contributed by atoms with Crippen molar-refractivity contribution in [3.63, 3.8) is 0 Å². The van der Waals surface area contributed by atoms with Crippen LogP contribution in [0.25, 0.3) is 0 Å². The van der Waals surface area contributed by atoms with Gasteiger partial charge in [-0.15, -0.1) is 0 Å². The van der Waals surface area contributed by atoms with Crippen LogP contribution in [0.3, 0.4) is 0 Å². The van der Waals surface area contributed by atoms with Gasteiger partial charge < -0.3 is 4.74 Å². The number of fused-ring (bicyclic) bond motifs is 3. The Morgan fingerprint density at radius 2 is 2.06 bits per heavy atom. The molecule has 1 saturated carbocycles. The number of carbonyl (C=O) groups is 1. The summed E-state index contributed by atoms with van der Waals surface area (Å²) in [5.74, 6) is 0.713. The molecule has 2 unspecified atom stereocenters. The quantitative estimate of drug-likeness (QED) is 0.475. The van der Waals surface area contributed by atoms with E-state index in [4.69, 9.17) is 4.74 Å². The highest BCUT2D eigenvalue weighted by atomic mass is 16.5. The Balaban J connectivity index is 2.05. The minimum absolute atomic E-state index is 0.0288. The van der Waals surface area contributed by atoms with Crippen molar-refractivity contribution in [2.45, 2.75) is 46.5 Å². The van der Waals surface area contributed by atoms with E-state index in [2.05, 4.69) is 26.8 Å². The van der Waals surface area contributed by atoms with Crippen molar-refractivity contribution in [1.82, 2.24) is 0 Å². The highest BCUT2D eigenvalue weighted by Crippen LogP contribution is 2.60. The first-order valence-corrected chi connectivity index (χ1v) is 6.81. The van der Waals surface area contributed by atoms with E-state index in [0.717, 1.165) is 6.42 Å². The molecular weight excluding hydrogens is 212 g/mol. The maximum atomic E-state index is 12.0. The molecule has 0 aromatic carbocycles. The normalized spacial score (nSPS) is 43.5. The smallest absolute Gasteiger partial charge is 0.314 e. The molecule has 0 N–H and O–H groups in total. The van der Waals surface area contributed by atoms with Crippen molar-refractivity contribution in [2.24, 2.45) is 22.7 Å². The summed E-state index contributed by atoms with van der Waals surface area (Å²) >= 11 is 0. The molecule has 0 spiro atoms. The number of allylic oxidation sites excluding steroid dienone is 1. The van der Waals surface area contributed by atoms with Crippen LogP contribution < -0.4 is 0 Å². The zero-order valence-electron chi connectivity index (χ0n) is 11.1. The van der Waals surface area contributed by atoms with Crippen LogP contribution in [0.5, 0.6) is 0 Å². The van der Waals surface area contributed by atoms with Gasteiger partial charge in [0.25, 0.3) is 0 Å². The van der Waals surface area contributed by atoms with Gasteiger partial charge in [0.1, 0.15) is 6.61 Å². The summed E-state index contributed by atoms with van der Waals surface area (Å²) in [5.41, 5.74) is 1.75. The predicted octanol–water partition coefficient (Wildman–Crippen LogP) is 3.32. The van der Waals surface area contributed by atoms with Crippen LogP contribution in [0.2, 0.25) is 0 Å². The number of esters is 1. The maximum absolute atomic E-state index is 12.0. The monoisotopic (exact) mass is 234 g/mol. The Morgan fingerprint density at radius 1 is 1.29 bits per heavy atom. The van der Waals surface area contributed by atoms with Crippen LogP contribution >= 0.6 is 0 Å². The summed E-state index contributed by atoms with van der Waals surface area (Å²) in [4.78, 5) is 12.0. The van der Waals surface area contributed by atoms with Gasteiger partial charge in [0.2, 0.25) is 0 Å². The number of carbonyl (C=O) groups excluding carboxylic acids is 1. The predicted molar refractivity (Wildman–Crippen MR) is 66.4 cm³/mol. The summed E-state index contributed by atoms with van der Waals surface area (Å²) < 4.78 is 5.28. The van der Waals surface area contributed by atoms with E-state index in [1.165, 1.54) is 24.8 Å². The molecule has 17 heavy (non-hydrogen) atoms. The zero-order valence-corrected chi connectivity index (χ0v) is 11.1. The lowest BCUT2D eigenvalue weighted by Gasteiger charge is -2.54. The molecule has 2 aliphatic carbocycles. The first kappa shape index (κ1) is 11.3. The van der Waals surface area contributed by atoms with Crippen LogP contribution in [-0.2, 0) is 9.53 Å². The van der Waals surface area contributed by atoms with Gasteiger partial charge in [-0.2, -0.15) is 0 Å².